The number of thiol groups is 1. The van der Waals surface area contributed by atoms with Crippen LogP contribution in [0.1, 0.15) is 6.92 Å². The van der Waals surface area contributed by atoms with Gasteiger partial charge in [-0.1, -0.05) is 19.2 Å². The molecule has 0 spiro atoms. The zero-order valence-electron chi connectivity index (χ0n) is 5.11. The monoisotopic (exact) mass is 184 g/mol. The lowest BCUT2D eigenvalue weighted by Crippen LogP contribution is -2.16. The second-order valence-corrected chi connectivity index (χ2v) is 7.45. The van der Waals surface area contributed by atoms with E-state index in [4.69, 9.17) is 20.9 Å². The molecule has 1 aliphatic rings. The van der Waals surface area contributed by atoms with Crippen molar-refractivity contribution < 1.29 is 9.05 Å². The summed E-state index contributed by atoms with van der Waals surface area (Å²) in [4.78, 5) is 0. The number of hydrogen-bond acceptors (Lipinski definition) is 3. The third kappa shape index (κ3) is 2.56. The summed E-state index contributed by atoms with van der Waals surface area (Å²) in [5, 5.41) is 0. The van der Waals surface area contributed by atoms with Gasteiger partial charge in [0.05, 0.1) is 13.2 Å². The average Bonchev–Trinajstić information content (AvgIpc) is 1.78. The van der Waals surface area contributed by atoms with E-state index in [1.807, 2.05) is 0 Å². The molecule has 1 heterocycles. The normalized spacial score (nSPS) is 44.9. The Bertz CT molecular complexity index is 138. The van der Waals surface area contributed by atoms with E-state index in [2.05, 4.69) is 19.2 Å². The maximum Gasteiger partial charge on any atom is 0.244 e. The molecule has 0 N–H and O–H groups in total. The van der Waals surface area contributed by atoms with Crippen molar-refractivity contribution in [2.45, 2.75) is 6.92 Å². The molecule has 0 aliphatic carbocycles. The molecule has 0 amide bonds. The van der Waals surface area contributed by atoms with Gasteiger partial charge in [0, 0.05) is 5.92 Å². The molecule has 0 unspecified atom stereocenters. The van der Waals surface area contributed by atoms with Crippen molar-refractivity contribution in [3.8, 4) is 0 Å². The summed E-state index contributed by atoms with van der Waals surface area (Å²) in [5.74, 6) is 0.466. The van der Waals surface area contributed by atoms with Crippen LogP contribution in [-0.2, 0) is 20.9 Å². The SMILES string of the molecule is CC1COP(=S)(S)OC1. The van der Waals surface area contributed by atoms with Crippen LogP contribution in [0.5, 0.6) is 0 Å². The van der Waals surface area contributed by atoms with Crippen LogP contribution in [0, 0.1) is 5.92 Å². The van der Waals surface area contributed by atoms with Crippen molar-refractivity contribution in [2.75, 3.05) is 13.2 Å². The van der Waals surface area contributed by atoms with Gasteiger partial charge in [-0.15, -0.1) is 0 Å². The van der Waals surface area contributed by atoms with Gasteiger partial charge in [0.2, 0.25) is 5.69 Å². The predicted octanol–water partition coefficient (Wildman–Crippen LogP) is 1.82. The molecule has 1 fully saturated rings. The van der Waals surface area contributed by atoms with Crippen LogP contribution < -0.4 is 0 Å². The molecule has 0 radical (unpaired) electrons. The van der Waals surface area contributed by atoms with Gasteiger partial charge in [0.1, 0.15) is 0 Å². The molecule has 0 aromatic carbocycles. The third-order valence-electron chi connectivity index (χ3n) is 1.04. The van der Waals surface area contributed by atoms with Gasteiger partial charge in [0.15, 0.2) is 0 Å². The van der Waals surface area contributed by atoms with Gasteiger partial charge in [-0.05, 0) is 11.8 Å². The predicted molar refractivity (Wildman–Crippen MR) is 44.3 cm³/mol. The fourth-order valence-electron chi connectivity index (χ4n) is 0.528. The zero-order valence-corrected chi connectivity index (χ0v) is 7.72. The minimum Gasteiger partial charge on any atom is -0.321 e. The Labute approximate surface area is 65.3 Å². The van der Waals surface area contributed by atoms with Crippen molar-refractivity contribution in [3.05, 3.63) is 0 Å². The maximum absolute atomic E-state index is 5.15. The topological polar surface area (TPSA) is 18.5 Å². The molecule has 1 rings (SSSR count). The summed E-state index contributed by atoms with van der Waals surface area (Å²) < 4.78 is 10.3. The van der Waals surface area contributed by atoms with Crippen LogP contribution in [0.15, 0.2) is 0 Å². The van der Waals surface area contributed by atoms with Crippen LogP contribution in [0.4, 0.5) is 0 Å². The zero-order chi connectivity index (χ0) is 6.91. The highest BCUT2D eigenvalue weighted by molar-refractivity contribution is 8.60. The molecule has 1 aliphatic heterocycles. The Kier molecular flexibility index (Phi) is 2.57. The van der Waals surface area contributed by atoms with E-state index in [9.17, 15) is 0 Å². The Balaban J connectivity index is 2.44. The largest absolute Gasteiger partial charge is 0.321 e. The Hall–Kier alpha value is 0.920. The van der Waals surface area contributed by atoms with E-state index < -0.39 is 5.69 Å². The lowest BCUT2D eigenvalue weighted by molar-refractivity contribution is 0.137. The molecule has 5 heteroatoms. The molecule has 9 heavy (non-hydrogen) atoms. The summed E-state index contributed by atoms with van der Waals surface area (Å²) >= 11 is 8.92. The minimum atomic E-state index is -2.10. The van der Waals surface area contributed by atoms with Gasteiger partial charge in [-0.2, -0.15) is 0 Å². The summed E-state index contributed by atoms with van der Waals surface area (Å²) in [6, 6.07) is 0. The summed E-state index contributed by atoms with van der Waals surface area (Å²) in [6.45, 7) is 3.45. The van der Waals surface area contributed by atoms with Crippen LogP contribution in [0.2, 0.25) is 0 Å². The Morgan fingerprint density at radius 2 is 2.00 bits per heavy atom. The summed E-state index contributed by atoms with van der Waals surface area (Å²) in [6.07, 6.45) is 0. The molecule has 54 valence electrons. The van der Waals surface area contributed by atoms with Crippen molar-refractivity contribution in [3.63, 3.8) is 0 Å². The Morgan fingerprint density at radius 1 is 1.56 bits per heavy atom. The van der Waals surface area contributed by atoms with Gasteiger partial charge in [-0.3, -0.25) is 0 Å². The fourth-order valence-corrected chi connectivity index (χ4v) is 2.25. The van der Waals surface area contributed by atoms with Crippen LogP contribution >= 0.6 is 17.9 Å². The van der Waals surface area contributed by atoms with Crippen molar-refractivity contribution in [1.29, 1.82) is 0 Å². The molecule has 0 aromatic rings. The van der Waals surface area contributed by atoms with Gasteiger partial charge < -0.3 is 9.05 Å². The van der Waals surface area contributed by atoms with Crippen LogP contribution in [0.3, 0.4) is 0 Å². The van der Waals surface area contributed by atoms with Gasteiger partial charge in [0.25, 0.3) is 0 Å². The first kappa shape index (κ1) is 8.02. The van der Waals surface area contributed by atoms with Crippen molar-refractivity contribution >= 4 is 29.7 Å². The van der Waals surface area contributed by atoms with E-state index in [0.29, 0.717) is 19.1 Å². The standard InChI is InChI=1S/C4H9O2PS2/c1-4-2-5-7(8,9)6-3-4/h4H,2-3H2,1H3,(H,8,9). The molecule has 0 saturated carbocycles. The number of hydrogen-bond donors (Lipinski definition) is 1. The second kappa shape index (κ2) is 2.89. The van der Waals surface area contributed by atoms with Crippen molar-refractivity contribution in [1.82, 2.24) is 0 Å². The number of rotatable bonds is 0. The van der Waals surface area contributed by atoms with E-state index in [-0.39, 0.29) is 0 Å². The third-order valence-corrected chi connectivity index (χ3v) is 3.32. The molecule has 1 saturated heterocycles. The first-order valence-corrected chi connectivity index (χ1v) is 6.51. The van der Waals surface area contributed by atoms with Gasteiger partial charge >= 0.3 is 0 Å². The van der Waals surface area contributed by atoms with Crippen LogP contribution in [0.25, 0.3) is 0 Å². The lowest BCUT2D eigenvalue weighted by atomic mass is 10.2. The maximum atomic E-state index is 5.15. The first-order valence-electron chi connectivity index (χ1n) is 2.72. The highest BCUT2D eigenvalue weighted by atomic mass is 32.9. The second-order valence-electron chi connectivity index (χ2n) is 2.17. The first-order chi connectivity index (χ1) is 4.10. The molecule has 0 atom stereocenters. The highest BCUT2D eigenvalue weighted by Crippen LogP contribution is 2.55. The summed E-state index contributed by atoms with van der Waals surface area (Å²) in [7, 11) is 0. The smallest absolute Gasteiger partial charge is 0.244 e. The average molecular weight is 184 g/mol. The van der Waals surface area contributed by atoms with Crippen molar-refractivity contribution in [2.24, 2.45) is 5.92 Å². The summed E-state index contributed by atoms with van der Waals surface area (Å²) in [5.41, 5.74) is -2.10. The van der Waals surface area contributed by atoms with E-state index in [1.54, 1.807) is 0 Å². The van der Waals surface area contributed by atoms with E-state index in [1.165, 1.54) is 0 Å². The minimum absolute atomic E-state index is 0.466. The Morgan fingerprint density at radius 3 is 2.33 bits per heavy atom. The molecule has 0 bridgehead atoms. The molecular formula is C4H9O2PS2. The lowest BCUT2D eigenvalue weighted by Gasteiger charge is -2.25. The quantitative estimate of drug-likeness (QED) is 0.457. The fraction of sp³-hybridized carbons (Fsp3) is 1.00. The molecule has 2 nitrogen and oxygen atoms in total. The molecular weight excluding hydrogens is 175 g/mol. The van der Waals surface area contributed by atoms with Crippen LogP contribution in [-0.4, -0.2) is 13.2 Å². The molecule has 0 aromatic heterocycles. The highest BCUT2D eigenvalue weighted by Gasteiger charge is 2.21. The van der Waals surface area contributed by atoms with E-state index >= 15 is 0 Å². The van der Waals surface area contributed by atoms with E-state index in [0.717, 1.165) is 0 Å². The van der Waals surface area contributed by atoms with Gasteiger partial charge in [-0.25, -0.2) is 0 Å².